The summed E-state index contributed by atoms with van der Waals surface area (Å²) in [6.45, 7) is 11.5. The van der Waals surface area contributed by atoms with E-state index in [0.29, 0.717) is 6.04 Å². The fourth-order valence-corrected chi connectivity index (χ4v) is 2.84. The van der Waals surface area contributed by atoms with Crippen molar-refractivity contribution >= 4 is 0 Å². The van der Waals surface area contributed by atoms with Crippen LogP contribution in [-0.4, -0.2) is 49.8 Å². The average Bonchev–Trinajstić information content (AvgIpc) is 2.32. The molecule has 0 radical (unpaired) electrons. The minimum absolute atomic E-state index is 0.696. The van der Waals surface area contributed by atoms with E-state index < -0.39 is 0 Å². The van der Waals surface area contributed by atoms with Gasteiger partial charge >= 0.3 is 0 Å². The Labute approximate surface area is 105 Å². The van der Waals surface area contributed by atoms with Crippen molar-refractivity contribution in [2.24, 2.45) is 0 Å². The van der Waals surface area contributed by atoms with Crippen LogP contribution in [0.15, 0.2) is 12.2 Å². The molecule has 0 aromatic rings. The van der Waals surface area contributed by atoms with E-state index in [2.05, 4.69) is 23.7 Å². The van der Waals surface area contributed by atoms with Gasteiger partial charge in [0.15, 0.2) is 0 Å². The monoisotopic (exact) mass is 238 g/mol. The van der Waals surface area contributed by atoms with Gasteiger partial charge in [-0.15, -0.1) is 0 Å². The molecule has 2 aliphatic heterocycles. The van der Waals surface area contributed by atoms with Gasteiger partial charge in [-0.2, -0.15) is 0 Å². The lowest BCUT2D eigenvalue weighted by molar-refractivity contribution is 0.0710. The van der Waals surface area contributed by atoms with Crippen LogP contribution in [0.1, 0.15) is 32.6 Å². The Morgan fingerprint density at radius 2 is 1.76 bits per heavy atom. The standard InChI is InChI=1S/C14H26N2O/c1-12(2)11-16-7-3-13(4-8-16)15-14-5-9-17-10-6-14/h13-15H,1,3-11H2,2H3. The number of likely N-dealkylation sites (tertiary alicyclic amines) is 1. The molecule has 0 saturated carbocycles. The molecule has 0 atom stereocenters. The summed E-state index contributed by atoms with van der Waals surface area (Å²) in [5.74, 6) is 0. The van der Waals surface area contributed by atoms with E-state index in [1.165, 1.54) is 44.3 Å². The number of piperidine rings is 1. The molecular formula is C14H26N2O. The highest BCUT2D eigenvalue weighted by molar-refractivity contribution is 4.93. The summed E-state index contributed by atoms with van der Waals surface area (Å²) in [4.78, 5) is 2.52. The number of ether oxygens (including phenoxy) is 1. The van der Waals surface area contributed by atoms with Crippen molar-refractivity contribution in [1.82, 2.24) is 10.2 Å². The third-order valence-corrected chi connectivity index (χ3v) is 3.77. The van der Waals surface area contributed by atoms with E-state index in [1.807, 2.05) is 0 Å². The molecule has 3 heteroatoms. The molecule has 0 aromatic carbocycles. The summed E-state index contributed by atoms with van der Waals surface area (Å²) in [5, 5.41) is 3.80. The maximum absolute atomic E-state index is 5.39. The number of hydrogen-bond donors (Lipinski definition) is 1. The predicted molar refractivity (Wildman–Crippen MR) is 71.3 cm³/mol. The van der Waals surface area contributed by atoms with Gasteiger partial charge in [-0.1, -0.05) is 12.2 Å². The molecule has 2 rings (SSSR count). The van der Waals surface area contributed by atoms with E-state index in [1.54, 1.807) is 0 Å². The molecule has 1 N–H and O–H groups in total. The molecule has 2 saturated heterocycles. The van der Waals surface area contributed by atoms with Crippen molar-refractivity contribution in [3.8, 4) is 0 Å². The van der Waals surface area contributed by atoms with E-state index in [4.69, 9.17) is 4.74 Å². The van der Waals surface area contributed by atoms with Crippen LogP contribution in [0, 0.1) is 0 Å². The summed E-state index contributed by atoms with van der Waals surface area (Å²) >= 11 is 0. The van der Waals surface area contributed by atoms with E-state index >= 15 is 0 Å². The lowest BCUT2D eigenvalue weighted by Crippen LogP contribution is -2.47. The lowest BCUT2D eigenvalue weighted by atomic mass is 10.0. The lowest BCUT2D eigenvalue weighted by Gasteiger charge is -2.35. The second-order valence-corrected chi connectivity index (χ2v) is 5.56. The van der Waals surface area contributed by atoms with Crippen molar-refractivity contribution in [1.29, 1.82) is 0 Å². The SMILES string of the molecule is C=C(C)CN1CCC(NC2CCOCC2)CC1. The van der Waals surface area contributed by atoms with Crippen LogP contribution in [0.25, 0.3) is 0 Å². The predicted octanol–water partition coefficient (Wildman–Crippen LogP) is 1.80. The molecule has 0 amide bonds. The van der Waals surface area contributed by atoms with Crippen LogP contribution in [0.5, 0.6) is 0 Å². The molecule has 2 fully saturated rings. The minimum atomic E-state index is 0.696. The second-order valence-electron chi connectivity index (χ2n) is 5.56. The van der Waals surface area contributed by atoms with Gasteiger partial charge < -0.3 is 10.1 Å². The van der Waals surface area contributed by atoms with Gasteiger partial charge in [-0.3, -0.25) is 4.90 Å². The Morgan fingerprint density at radius 3 is 2.35 bits per heavy atom. The molecule has 0 aromatic heterocycles. The summed E-state index contributed by atoms with van der Waals surface area (Å²) in [5.41, 5.74) is 1.28. The number of rotatable bonds is 4. The third kappa shape index (κ3) is 4.41. The first kappa shape index (κ1) is 13.1. The van der Waals surface area contributed by atoms with Gasteiger partial charge in [0.25, 0.3) is 0 Å². The maximum atomic E-state index is 5.39. The topological polar surface area (TPSA) is 24.5 Å². The van der Waals surface area contributed by atoms with Crippen LogP contribution in [-0.2, 0) is 4.74 Å². The smallest absolute Gasteiger partial charge is 0.0480 e. The Bertz CT molecular complexity index is 241. The molecule has 2 aliphatic rings. The van der Waals surface area contributed by atoms with Crippen molar-refractivity contribution in [2.45, 2.75) is 44.7 Å². The van der Waals surface area contributed by atoms with E-state index in [9.17, 15) is 0 Å². The summed E-state index contributed by atoms with van der Waals surface area (Å²) < 4.78 is 5.39. The molecular weight excluding hydrogens is 212 g/mol. The Hall–Kier alpha value is -0.380. The normalized spacial score (nSPS) is 25.0. The zero-order valence-electron chi connectivity index (χ0n) is 11.1. The van der Waals surface area contributed by atoms with Gasteiger partial charge in [0.2, 0.25) is 0 Å². The van der Waals surface area contributed by atoms with Crippen molar-refractivity contribution in [3.05, 3.63) is 12.2 Å². The van der Waals surface area contributed by atoms with Gasteiger partial charge in [0.1, 0.15) is 0 Å². The van der Waals surface area contributed by atoms with Crippen molar-refractivity contribution in [3.63, 3.8) is 0 Å². The molecule has 0 aliphatic carbocycles. The van der Waals surface area contributed by atoms with E-state index in [0.717, 1.165) is 25.8 Å². The molecule has 0 bridgehead atoms. The highest BCUT2D eigenvalue weighted by Gasteiger charge is 2.22. The van der Waals surface area contributed by atoms with Gasteiger partial charge in [0, 0.05) is 31.8 Å². The first-order valence-electron chi connectivity index (χ1n) is 6.94. The largest absolute Gasteiger partial charge is 0.381 e. The molecule has 17 heavy (non-hydrogen) atoms. The number of hydrogen-bond acceptors (Lipinski definition) is 3. The highest BCUT2D eigenvalue weighted by Crippen LogP contribution is 2.15. The third-order valence-electron chi connectivity index (χ3n) is 3.77. The van der Waals surface area contributed by atoms with Crippen LogP contribution in [0.3, 0.4) is 0 Å². The fraction of sp³-hybridized carbons (Fsp3) is 0.857. The van der Waals surface area contributed by atoms with Crippen molar-refractivity contribution in [2.75, 3.05) is 32.8 Å². The molecule has 0 unspecified atom stereocenters. The van der Waals surface area contributed by atoms with Gasteiger partial charge in [0.05, 0.1) is 0 Å². The number of nitrogens with zero attached hydrogens (tertiary/aromatic N) is 1. The summed E-state index contributed by atoms with van der Waals surface area (Å²) in [6.07, 6.45) is 4.94. The van der Waals surface area contributed by atoms with Crippen LogP contribution in [0.4, 0.5) is 0 Å². The van der Waals surface area contributed by atoms with Crippen LogP contribution >= 0.6 is 0 Å². The van der Waals surface area contributed by atoms with E-state index in [-0.39, 0.29) is 0 Å². The molecule has 98 valence electrons. The zero-order valence-corrected chi connectivity index (χ0v) is 11.1. The second kappa shape index (κ2) is 6.53. The van der Waals surface area contributed by atoms with Gasteiger partial charge in [-0.25, -0.2) is 0 Å². The zero-order chi connectivity index (χ0) is 12.1. The first-order valence-corrected chi connectivity index (χ1v) is 6.94. The first-order chi connectivity index (χ1) is 8.24. The Balaban J connectivity index is 1.66. The molecule has 2 heterocycles. The highest BCUT2D eigenvalue weighted by atomic mass is 16.5. The fourth-order valence-electron chi connectivity index (χ4n) is 2.84. The minimum Gasteiger partial charge on any atom is -0.381 e. The summed E-state index contributed by atoms with van der Waals surface area (Å²) in [7, 11) is 0. The maximum Gasteiger partial charge on any atom is 0.0480 e. The molecule has 0 spiro atoms. The van der Waals surface area contributed by atoms with Crippen LogP contribution in [0.2, 0.25) is 0 Å². The Kier molecular flexibility index (Phi) is 5.01. The number of nitrogens with one attached hydrogen (secondary N) is 1. The quantitative estimate of drug-likeness (QED) is 0.756. The Morgan fingerprint density at radius 1 is 1.18 bits per heavy atom. The van der Waals surface area contributed by atoms with Crippen molar-refractivity contribution < 1.29 is 4.74 Å². The summed E-state index contributed by atoms with van der Waals surface area (Å²) in [6, 6.07) is 1.42. The molecule has 3 nitrogen and oxygen atoms in total. The average molecular weight is 238 g/mol. The van der Waals surface area contributed by atoms with Crippen LogP contribution < -0.4 is 5.32 Å². The van der Waals surface area contributed by atoms with Gasteiger partial charge in [-0.05, 0) is 45.7 Å².